The first-order chi connectivity index (χ1) is 13.9. The number of alkyl halides is 1. The maximum absolute atomic E-state index is 15.6. The molecule has 2 N–H and O–H groups in total. The van der Waals surface area contributed by atoms with Crippen molar-refractivity contribution in [3.8, 4) is 0 Å². The number of nitrogens with one attached hydrogen (secondary N) is 1. The molecule has 30 heavy (non-hydrogen) atoms. The molecule has 6 atom stereocenters. The summed E-state index contributed by atoms with van der Waals surface area (Å²) in [5, 5.41) is 12.4. The molecule has 0 aromatic carbocycles. The van der Waals surface area contributed by atoms with E-state index in [0.717, 1.165) is 32.5 Å². The Morgan fingerprint density at radius 3 is 2.27 bits per heavy atom. The molecule has 0 spiro atoms. The van der Waals surface area contributed by atoms with E-state index < -0.39 is 72.5 Å². The summed E-state index contributed by atoms with van der Waals surface area (Å²) in [6.07, 6.45) is -4.59. The van der Waals surface area contributed by atoms with Gasteiger partial charge in [0.1, 0.15) is 23.7 Å². The molecule has 1 amide bonds. The predicted molar refractivity (Wildman–Crippen MR) is 103 cm³/mol. The van der Waals surface area contributed by atoms with E-state index in [1.54, 1.807) is 6.26 Å². The van der Waals surface area contributed by atoms with Crippen LogP contribution in [0.2, 0.25) is 0 Å². The molecule has 172 valence electrons. The molecular formula is C18H28FNO9S. The molecule has 12 heteroatoms. The molecule has 0 radical (unpaired) electrons. The Labute approximate surface area is 178 Å². The highest BCUT2D eigenvalue weighted by molar-refractivity contribution is 7.99. The van der Waals surface area contributed by atoms with Gasteiger partial charge < -0.3 is 29.4 Å². The van der Waals surface area contributed by atoms with Crippen molar-refractivity contribution in [1.29, 1.82) is 0 Å². The molecule has 0 aromatic heterocycles. The summed E-state index contributed by atoms with van der Waals surface area (Å²) in [6, 6.07) is -1.15. The van der Waals surface area contributed by atoms with Crippen LogP contribution in [0.25, 0.3) is 0 Å². The summed E-state index contributed by atoms with van der Waals surface area (Å²) < 4.78 is 36.5. The highest BCUT2D eigenvalue weighted by atomic mass is 32.2. The van der Waals surface area contributed by atoms with Gasteiger partial charge in [-0.2, -0.15) is 0 Å². The van der Waals surface area contributed by atoms with Crippen molar-refractivity contribution in [3.63, 3.8) is 0 Å². The van der Waals surface area contributed by atoms with E-state index in [-0.39, 0.29) is 6.42 Å². The van der Waals surface area contributed by atoms with Gasteiger partial charge in [0.2, 0.25) is 5.91 Å². The van der Waals surface area contributed by atoms with E-state index in [0.29, 0.717) is 0 Å². The fraction of sp³-hybridized carbons (Fsp3) is 0.778. The van der Waals surface area contributed by atoms with Gasteiger partial charge in [0.15, 0.2) is 12.3 Å². The van der Waals surface area contributed by atoms with Gasteiger partial charge in [-0.1, -0.05) is 0 Å². The Morgan fingerprint density at radius 1 is 1.20 bits per heavy atom. The first-order valence-corrected chi connectivity index (χ1v) is 10.4. The van der Waals surface area contributed by atoms with Crippen LogP contribution in [0.1, 0.15) is 34.1 Å². The van der Waals surface area contributed by atoms with Gasteiger partial charge in [0.05, 0.1) is 12.6 Å². The van der Waals surface area contributed by atoms with Crippen molar-refractivity contribution in [2.75, 3.05) is 19.5 Å². The molecule has 1 aliphatic rings. The lowest BCUT2D eigenvalue weighted by Crippen LogP contribution is -2.65. The molecule has 0 bridgehead atoms. The molecular weight excluding hydrogens is 425 g/mol. The van der Waals surface area contributed by atoms with Gasteiger partial charge in [-0.3, -0.25) is 19.2 Å². The number of aliphatic hydroxyl groups excluding tert-OH is 1. The van der Waals surface area contributed by atoms with E-state index in [4.69, 9.17) is 18.9 Å². The summed E-state index contributed by atoms with van der Waals surface area (Å²) in [5.74, 6) is -2.75. The zero-order valence-corrected chi connectivity index (χ0v) is 18.3. The number of halogens is 1. The molecule has 0 aromatic rings. The number of thioether (sulfide) groups is 1. The largest absolute Gasteiger partial charge is 0.462 e. The SMILES string of the molecule is CS[C@]1(CO)C[C@H](OC(C)=O)[C@@H](NC(C)=O)[C@H]([C@H](F)[C@@H](COC(C)=O)OC(C)=O)O1. The van der Waals surface area contributed by atoms with Gasteiger partial charge in [0, 0.05) is 34.1 Å². The van der Waals surface area contributed by atoms with E-state index in [2.05, 4.69) is 5.32 Å². The van der Waals surface area contributed by atoms with Gasteiger partial charge >= 0.3 is 17.9 Å². The lowest BCUT2D eigenvalue weighted by atomic mass is 9.90. The quantitative estimate of drug-likeness (QED) is 0.365. The average Bonchev–Trinajstić information content (AvgIpc) is 2.64. The number of aliphatic hydroxyl groups is 1. The lowest BCUT2D eigenvalue weighted by Gasteiger charge is -2.48. The molecule has 10 nitrogen and oxygen atoms in total. The monoisotopic (exact) mass is 453 g/mol. The predicted octanol–water partition coefficient (Wildman–Crippen LogP) is 0.0962. The Bertz CT molecular complexity index is 643. The topological polar surface area (TPSA) is 137 Å². The number of esters is 3. The summed E-state index contributed by atoms with van der Waals surface area (Å²) in [4.78, 5) is 44.6. The number of hydrogen-bond donors (Lipinski definition) is 2. The highest BCUT2D eigenvalue weighted by Gasteiger charge is 2.53. The molecule has 0 unspecified atom stereocenters. The molecule has 1 heterocycles. The van der Waals surface area contributed by atoms with Crippen LogP contribution in [0.4, 0.5) is 4.39 Å². The fourth-order valence-corrected chi connectivity index (χ4v) is 3.80. The van der Waals surface area contributed by atoms with Gasteiger partial charge in [0.25, 0.3) is 0 Å². The second kappa shape index (κ2) is 11.5. The Morgan fingerprint density at radius 2 is 1.83 bits per heavy atom. The first-order valence-electron chi connectivity index (χ1n) is 9.17. The molecule has 1 rings (SSSR count). The molecule has 1 saturated heterocycles. The van der Waals surface area contributed by atoms with Crippen LogP contribution in [-0.2, 0) is 38.1 Å². The van der Waals surface area contributed by atoms with Crippen molar-refractivity contribution in [2.45, 2.75) is 69.6 Å². The highest BCUT2D eigenvalue weighted by Crippen LogP contribution is 2.40. The maximum atomic E-state index is 15.6. The Hall–Kier alpha value is -1.92. The number of carbonyl (C=O) groups is 4. The summed E-state index contributed by atoms with van der Waals surface area (Å²) in [7, 11) is 0. The minimum absolute atomic E-state index is 0.0272. The van der Waals surface area contributed by atoms with Crippen LogP contribution in [0.3, 0.4) is 0 Å². The fourth-order valence-electron chi connectivity index (χ4n) is 3.13. The zero-order chi connectivity index (χ0) is 23.1. The zero-order valence-electron chi connectivity index (χ0n) is 17.5. The average molecular weight is 453 g/mol. The van der Waals surface area contributed by atoms with Crippen LogP contribution >= 0.6 is 11.8 Å². The van der Waals surface area contributed by atoms with Crippen LogP contribution in [-0.4, -0.2) is 83.8 Å². The van der Waals surface area contributed by atoms with Crippen molar-refractivity contribution >= 4 is 35.6 Å². The minimum Gasteiger partial charge on any atom is -0.462 e. The van der Waals surface area contributed by atoms with Crippen molar-refractivity contribution in [2.24, 2.45) is 0 Å². The Balaban J connectivity index is 3.33. The first kappa shape index (κ1) is 26.1. The van der Waals surface area contributed by atoms with E-state index in [9.17, 15) is 24.3 Å². The number of amides is 1. The summed E-state index contributed by atoms with van der Waals surface area (Å²) >= 11 is 1.07. The van der Waals surface area contributed by atoms with Gasteiger partial charge in [-0.15, -0.1) is 11.8 Å². The van der Waals surface area contributed by atoms with Gasteiger partial charge in [-0.25, -0.2) is 4.39 Å². The van der Waals surface area contributed by atoms with Crippen molar-refractivity contribution < 1.29 is 47.6 Å². The normalized spacial score (nSPS) is 28.0. The number of rotatable bonds is 9. The second-order valence-corrected chi connectivity index (χ2v) is 7.98. The number of hydrogen-bond acceptors (Lipinski definition) is 10. The van der Waals surface area contributed by atoms with E-state index in [1.807, 2.05) is 0 Å². The van der Waals surface area contributed by atoms with Crippen molar-refractivity contribution in [1.82, 2.24) is 5.32 Å². The van der Waals surface area contributed by atoms with Crippen LogP contribution in [0, 0.1) is 0 Å². The third-order valence-corrected chi connectivity index (χ3v) is 5.49. The lowest BCUT2D eigenvalue weighted by molar-refractivity contribution is -0.203. The van der Waals surface area contributed by atoms with Crippen molar-refractivity contribution in [3.05, 3.63) is 0 Å². The van der Waals surface area contributed by atoms with Crippen LogP contribution < -0.4 is 5.32 Å². The van der Waals surface area contributed by atoms with E-state index in [1.165, 1.54) is 6.92 Å². The summed E-state index contributed by atoms with van der Waals surface area (Å²) in [5.41, 5.74) is 0. The maximum Gasteiger partial charge on any atom is 0.303 e. The smallest absolute Gasteiger partial charge is 0.303 e. The third kappa shape index (κ3) is 7.40. The van der Waals surface area contributed by atoms with Crippen LogP contribution in [0.15, 0.2) is 0 Å². The standard InChI is InChI=1S/C18H28FNO9S/c1-9(22)20-16-13(27-11(3)24)6-18(8-21,30-5)29-17(16)15(19)14(28-12(4)25)7-26-10(2)23/h13-17,21H,6-8H2,1-5H3,(H,20,22)/t13-,14+,15+,16+,17-,18-/m0/s1. The van der Waals surface area contributed by atoms with Crippen LogP contribution in [0.5, 0.6) is 0 Å². The number of ether oxygens (including phenoxy) is 4. The number of carbonyl (C=O) groups excluding carboxylic acids is 4. The Kier molecular flexibility index (Phi) is 9.98. The molecule has 1 fully saturated rings. The molecule has 0 aliphatic carbocycles. The molecule has 0 saturated carbocycles. The summed E-state index contributed by atoms with van der Waals surface area (Å²) in [6.45, 7) is 3.39. The second-order valence-electron chi connectivity index (χ2n) is 6.83. The van der Waals surface area contributed by atoms with Gasteiger partial charge in [-0.05, 0) is 6.26 Å². The molecule has 1 aliphatic heterocycles. The minimum atomic E-state index is -2.10. The van der Waals surface area contributed by atoms with E-state index >= 15 is 4.39 Å². The third-order valence-electron chi connectivity index (χ3n) is 4.35.